The summed E-state index contributed by atoms with van der Waals surface area (Å²) in [5, 5.41) is 10.4. The lowest BCUT2D eigenvalue weighted by molar-refractivity contribution is -0.137. The summed E-state index contributed by atoms with van der Waals surface area (Å²) < 4.78 is 50.1. The number of carbonyl (C=O) groups is 1. The van der Waals surface area contributed by atoms with Gasteiger partial charge in [-0.15, -0.1) is 11.3 Å². The van der Waals surface area contributed by atoms with Crippen LogP contribution in [0, 0.1) is 31.1 Å². The van der Waals surface area contributed by atoms with Crippen molar-refractivity contribution in [3.8, 4) is 27.1 Å². The van der Waals surface area contributed by atoms with E-state index in [1.807, 2.05) is 64.1 Å². The molecule has 10 heteroatoms. The van der Waals surface area contributed by atoms with Crippen LogP contribution in [0.2, 0.25) is 0 Å². The highest BCUT2D eigenvalue weighted by Crippen LogP contribution is 2.39. The fourth-order valence-electron chi connectivity index (χ4n) is 4.91. The van der Waals surface area contributed by atoms with E-state index in [-0.39, 0.29) is 24.8 Å². The maximum absolute atomic E-state index is 14.0. The van der Waals surface area contributed by atoms with E-state index in [9.17, 15) is 28.0 Å². The predicted molar refractivity (Wildman–Crippen MR) is 161 cm³/mol. The Balaban J connectivity index is 1.62. The highest BCUT2D eigenvalue weighted by atomic mass is 32.1. The molecule has 2 aromatic carbocycles. The summed E-state index contributed by atoms with van der Waals surface area (Å²) in [6.07, 6.45) is -3.75. The zero-order valence-electron chi connectivity index (χ0n) is 24.0. The Bertz CT molecular complexity index is 1960. The van der Waals surface area contributed by atoms with Gasteiger partial charge in [0.15, 0.2) is 0 Å². The summed E-state index contributed by atoms with van der Waals surface area (Å²) in [5.41, 5.74) is 0.887. The maximum atomic E-state index is 14.0. The van der Waals surface area contributed by atoms with Crippen molar-refractivity contribution in [2.75, 3.05) is 6.61 Å². The van der Waals surface area contributed by atoms with E-state index in [1.54, 1.807) is 24.4 Å². The first-order valence-electron chi connectivity index (χ1n) is 13.6. The van der Waals surface area contributed by atoms with E-state index in [2.05, 4.69) is 0 Å². The summed E-state index contributed by atoms with van der Waals surface area (Å²) in [7, 11) is 0. The SMILES string of the molecule is Cc1ccc(Cn2c(-c3ccc(-c4ccc5ccn(C(=O)OCC(C)C)c5c4)s3)cc(C(F)(F)F)c(C#N)c2=O)c(C)c1. The third kappa shape index (κ3) is 5.99. The second-order valence-electron chi connectivity index (χ2n) is 10.8. The molecule has 0 saturated carbocycles. The third-order valence-corrected chi connectivity index (χ3v) is 8.27. The van der Waals surface area contributed by atoms with Crippen LogP contribution in [0.15, 0.2) is 71.7 Å². The van der Waals surface area contributed by atoms with Crippen LogP contribution >= 0.6 is 11.3 Å². The number of ether oxygens (including phenoxy) is 1. The van der Waals surface area contributed by atoms with Crippen LogP contribution in [-0.4, -0.2) is 21.8 Å². The lowest BCUT2D eigenvalue weighted by Gasteiger charge is -2.18. The van der Waals surface area contributed by atoms with E-state index >= 15 is 0 Å². The molecule has 43 heavy (non-hydrogen) atoms. The molecule has 0 N–H and O–H groups in total. The smallest absolute Gasteiger partial charge is 0.418 e. The Morgan fingerprint density at radius 1 is 1.02 bits per heavy atom. The molecule has 0 saturated heterocycles. The third-order valence-electron chi connectivity index (χ3n) is 7.12. The van der Waals surface area contributed by atoms with E-state index in [1.165, 1.54) is 26.5 Å². The van der Waals surface area contributed by atoms with Gasteiger partial charge >= 0.3 is 12.3 Å². The number of hydrogen-bond donors (Lipinski definition) is 0. The van der Waals surface area contributed by atoms with E-state index in [0.717, 1.165) is 38.6 Å². The first-order chi connectivity index (χ1) is 20.4. The highest BCUT2D eigenvalue weighted by Gasteiger charge is 2.36. The molecule has 6 nitrogen and oxygen atoms in total. The fraction of sp³-hybridized carbons (Fsp3) is 0.242. The molecule has 3 aromatic heterocycles. The van der Waals surface area contributed by atoms with Crippen LogP contribution in [0.3, 0.4) is 0 Å². The number of hydrogen-bond acceptors (Lipinski definition) is 5. The topological polar surface area (TPSA) is 77.0 Å². The van der Waals surface area contributed by atoms with E-state index < -0.39 is 29.0 Å². The molecule has 0 fully saturated rings. The van der Waals surface area contributed by atoms with Crippen molar-refractivity contribution in [1.82, 2.24) is 9.13 Å². The molecular formula is C33H28F3N3O3S. The largest absolute Gasteiger partial charge is 0.449 e. The number of thiophene rings is 1. The molecule has 0 aliphatic rings. The van der Waals surface area contributed by atoms with Crippen molar-refractivity contribution < 1.29 is 22.7 Å². The van der Waals surface area contributed by atoms with Crippen LogP contribution < -0.4 is 5.56 Å². The summed E-state index contributed by atoms with van der Waals surface area (Å²) in [6, 6.07) is 18.8. The number of benzene rings is 2. The van der Waals surface area contributed by atoms with Crippen molar-refractivity contribution in [3.63, 3.8) is 0 Å². The highest BCUT2D eigenvalue weighted by molar-refractivity contribution is 7.18. The van der Waals surface area contributed by atoms with Crippen LogP contribution in [0.5, 0.6) is 0 Å². The second kappa shape index (κ2) is 11.6. The van der Waals surface area contributed by atoms with Crippen molar-refractivity contribution >= 4 is 28.3 Å². The number of rotatable bonds is 6. The Labute approximate surface area is 250 Å². The predicted octanol–water partition coefficient (Wildman–Crippen LogP) is 8.39. The Kier molecular flexibility index (Phi) is 8.04. The van der Waals surface area contributed by atoms with E-state index in [0.29, 0.717) is 10.4 Å². The van der Waals surface area contributed by atoms with Crippen LogP contribution in [0.1, 0.15) is 41.7 Å². The molecule has 5 aromatic rings. The number of fused-ring (bicyclic) bond motifs is 1. The molecule has 3 heterocycles. The van der Waals surface area contributed by atoms with Gasteiger partial charge in [0.05, 0.1) is 34.8 Å². The number of halogens is 3. The van der Waals surface area contributed by atoms with Gasteiger partial charge in [-0.1, -0.05) is 49.7 Å². The van der Waals surface area contributed by atoms with E-state index in [4.69, 9.17) is 4.74 Å². The quantitative estimate of drug-likeness (QED) is 0.195. The van der Waals surface area contributed by atoms with Gasteiger partial charge in [0.1, 0.15) is 11.6 Å². The average molecular weight is 604 g/mol. The lowest BCUT2D eigenvalue weighted by atomic mass is 10.0. The van der Waals surface area contributed by atoms with Crippen LogP contribution in [-0.2, 0) is 17.5 Å². The standard InChI is InChI=1S/C33H28F3N3O3S/c1-19(2)18-42-32(41)38-12-11-22-7-8-23(14-27(22)38)29-9-10-30(43-29)28-15-26(33(34,35)36)25(16-37)31(40)39(28)17-24-6-5-20(3)13-21(24)4/h5-15,19H,17-18H2,1-4H3. The Morgan fingerprint density at radius 3 is 2.44 bits per heavy atom. The fourth-order valence-corrected chi connectivity index (χ4v) is 5.94. The molecule has 0 atom stereocenters. The molecule has 220 valence electrons. The van der Waals surface area contributed by atoms with Gasteiger partial charge in [0.25, 0.3) is 5.56 Å². The summed E-state index contributed by atoms with van der Waals surface area (Å²) in [6.45, 7) is 7.96. The number of nitrogens with zero attached hydrogens (tertiary/aromatic N) is 3. The van der Waals surface area contributed by atoms with Crippen molar-refractivity contribution in [1.29, 1.82) is 5.26 Å². The molecule has 0 bridgehead atoms. The van der Waals surface area contributed by atoms with Crippen molar-refractivity contribution in [2.24, 2.45) is 5.92 Å². The molecule has 0 aliphatic carbocycles. The lowest BCUT2D eigenvalue weighted by Crippen LogP contribution is -2.28. The number of carbonyl (C=O) groups excluding carboxylic acids is 1. The van der Waals surface area contributed by atoms with Gasteiger partial charge < -0.3 is 9.30 Å². The maximum Gasteiger partial charge on any atom is 0.418 e. The molecule has 0 amide bonds. The number of nitriles is 1. The van der Waals surface area contributed by atoms with Gasteiger partial charge in [-0.05, 0) is 66.8 Å². The normalized spacial score (nSPS) is 11.7. The molecule has 0 radical (unpaired) electrons. The van der Waals surface area contributed by atoms with Gasteiger partial charge in [-0.2, -0.15) is 18.4 Å². The number of aryl methyl sites for hydroxylation is 2. The monoisotopic (exact) mass is 603 g/mol. The average Bonchev–Trinajstić information content (AvgIpc) is 3.60. The number of aromatic nitrogens is 2. The second-order valence-corrected chi connectivity index (χ2v) is 11.9. The first kappa shape index (κ1) is 29.9. The zero-order chi connectivity index (χ0) is 31.1. The Morgan fingerprint density at radius 2 is 1.77 bits per heavy atom. The van der Waals surface area contributed by atoms with Crippen molar-refractivity contribution in [3.05, 3.63) is 105 Å². The van der Waals surface area contributed by atoms with Gasteiger partial charge in [0, 0.05) is 16.5 Å². The Hall–Kier alpha value is -4.62. The minimum absolute atomic E-state index is 0.00169. The zero-order valence-corrected chi connectivity index (χ0v) is 24.8. The molecular weight excluding hydrogens is 575 g/mol. The number of alkyl halides is 3. The minimum atomic E-state index is -4.89. The molecule has 0 aliphatic heterocycles. The summed E-state index contributed by atoms with van der Waals surface area (Å²) >= 11 is 1.22. The summed E-state index contributed by atoms with van der Waals surface area (Å²) in [5.74, 6) is 0.179. The molecule has 5 rings (SSSR count). The van der Waals surface area contributed by atoms with Crippen molar-refractivity contribution in [2.45, 2.75) is 40.4 Å². The van der Waals surface area contributed by atoms with Gasteiger partial charge in [-0.25, -0.2) is 4.79 Å². The number of pyridine rings is 1. The van der Waals surface area contributed by atoms with Crippen LogP contribution in [0.25, 0.3) is 31.9 Å². The van der Waals surface area contributed by atoms with Crippen LogP contribution in [0.4, 0.5) is 18.0 Å². The van der Waals surface area contributed by atoms with Gasteiger partial charge in [-0.3, -0.25) is 9.36 Å². The first-order valence-corrected chi connectivity index (χ1v) is 14.4. The molecule has 0 spiro atoms. The van der Waals surface area contributed by atoms with Gasteiger partial charge in [0.2, 0.25) is 0 Å². The minimum Gasteiger partial charge on any atom is -0.449 e. The molecule has 0 unspecified atom stereocenters. The summed E-state index contributed by atoms with van der Waals surface area (Å²) in [4.78, 5) is 27.3.